The highest BCUT2D eigenvalue weighted by Gasteiger charge is 2.61. The van der Waals surface area contributed by atoms with E-state index in [4.69, 9.17) is 0 Å². The summed E-state index contributed by atoms with van der Waals surface area (Å²) in [5.41, 5.74) is -2.15. The maximum absolute atomic E-state index is 14.1. The first-order valence-electron chi connectivity index (χ1n) is 12.0. The molecule has 0 bridgehead atoms. The first-order valence-corrected chi connectivity index (χ1v) is 12.0. The van der Waals surface area contributed by atoms with Crippen molar-refractivity contribution in [3.63, 3.8) is 0 Å². The first kappa shape index (κ1) is 24.3. The summed E-state index contributed by atoms with van der Waals surface area (Å²) in [5, 5.41) is 0. The van der Waals surface area contributed by atoms with E-state index in [0.29, 0.717) is 0 Å². The molecule has 0 saturated carbocycles. The number of hydrogen-bond donors (Lipinski definition) is 0. The number of imide groups is 2. The van der Waals surface area contributed by atoms with E-state index in [9.17, 15) is 38.4 Å². The number of piperidine rings is 2. The minimum atomic E-state index is -1.83. The van der Waals surface area contributed by atoms with Gasteiger partial charge in [-0.05, 0) is 49.2 Å². The molecule has 2 atom stereocenters. The van der Waals surface area contributed by atoms with Crippen LogP contribution in [0.15, 0.2) is 36.4 Å². The Hall–Kier alpha value is -5.00. The molecule has 0 N–H and O–H groups in total. The molecular formula is C27H18N2O10. The molecule has 2 unspecified atom stereocenters. The Balaban J connectivity index is 1.44. The smallest absolute Gasteiger partial charge is 0.346 e. The van der Waals surface area contributed by atoms with Crippen molar-refractivity contribution >= 4 is 58.9 Å². The van der Waals surface area contributed by atoms with Crippen LogP contribution in [0.5, 0.6) is 0 Å². The topological polar surface area (TPSA) is 162 Å². The standard InChI is InChI=1S/C27H18N2O10/c1-11-9-27(25(36)28(19(11)30)13-3-5-15-17(7-13)23(34)38-21(15)32)10-12(2)20(31)29(26(27)37)14-4-6-16-18(8-14)24(35)39-22(16)33/h3-8,11-12H,9-10H2,1-2H3. The zero-order valence-electron chi connectivity index (χ0n) is 20.5. The molecule has 0 radical (unpaired) electrons. The molecule has 12 nitrogen and oxygen atoms in total. The second kappa shape index (κ2) is 8.00. The summed E-state index contributed by atoms with van der Waals surface area (Å²) in [7, 11) is 0. The molecule has 2 fully saturated rings. The number of benzene rings is 2. The van der Waals surface area contributed by atoms with E-state index in [1.165, 1.54) is 36.4 Å². The molecule has 4 heterocycles. The van der Waals surface area contributed by atoms with Crippen molar-refractivity contribution < 1.29 is 47.8 Å². The molecule has 2 saturated heterocycles. The third-order valence-electron chi connectivity index (χ3n) is 7.59. The predicted octanol–water partition coefficient (Wildman–Crippen LogP) is 1.79. The molecule has 2 aromatic carbocycles. The number of nitrogens with zero attached hydrogens (tertiary/aromatic N) is 2. The minimum Gasteiger partial charge on any atom is -0.386 e. The second-order valence-corrected chi connectivity index (χ2v) is 10.1. The SMILES string of the molecule is CC1CC2(CC(C)C(=O)N(c3ccc4c(c3)C(=O)OC4=O)C2=O)C(=O)N(c2ccc3c(c2)C(=O)OC3=O)C1=O. The molecule has 196 valence electrons. The summed E-state index contributed by atoms with van der Waals surface area (Å²) in [6.45, 7) is 3.09. The Morgan fingerprint density at radius 2 is 0.949 bits per heavy atom. The number of esters is 4. The van der Waals surface area contributed by atoms with Gasteiger partial charge in [-0.1, -0.05) is 13.8 Å². The van der Waals surface area contributed by atoms with E-state index in [1.54, 1.807) is 13.8 Å². The third-order valence-corrected chi connectivity index (χ3v) is 7.59. The fourth-order valence-electron chi connectivity index (χ4n) is 5.73. The van der Waals surface area contributed by atoms with Crippen LogP contribution in [-0.2, 0) is 28.7 Å². The number of amides is 4. The lowest BCUT2D eigenvalue weighted by Gasteiger charge is -2.47. The molecule has 39 heavy (non-hydrogen) atoms. The van der Waals surface area contributed by atoms with Crippen molar-refractivity contribution in [2.24, 2.45) is 17.3 Å². The largest absolute Gasteiger partial charge is 0.386 e. The van der Waals surface area contributed by atoms with Gasteiger partial charge < -0.3 is 9.47 Å². The Bertz CT molecular complexity index is 1500. The van der Waals surface area contributed by atoms with E-state index in [0.717, 1.165) is 9.80 Å². The van der Waals surface area contributed by atoms with Crippen LogP contribution < -0.4 is 9.80 Å². The number of cyclic esters (lactones) is 4. The molecule has 4 aliphatic heterocycles. The Morgan fingerprint density at radius 3 is 1.33 bits per heavy atom. The normalized spacial score (nSPS) is 26.3. The van der Waals surface area contributed by atoms with E-state index >= 15 is 0 Å². The maximum Gasteiger partial charge on any atom is 0.346 e. The molecule has 1 spiro atoms. The molecule has 6 rings (SSSR count). The second-order valence-electron chi connectivity index (χ2n) is 10.1. The van der Waals surface area contributed by atoms with Crippen LogP contribution in [-0.4, -0.2) is 47.5 Å². The van der Waals surface area contributed by atoms with Crippen molar-refractivity contribution in [2.75, 3.05) is 9.80 Å². The monoisotopic (exact) mass is 530 g/mol. The van der Waals surface area contributed by atoms with Crippen LogP contribution in [0.3, 0.4) is 0 Å². The van der Waals surface area contributed by atoms with Crippen LogP contribution in [0.25, 0.3) is 0 Å². The van der Waals surface area contributed by atoms with Gasteiger partial charge >= 0.3 is 23.9 Å². The van der Waals surface area contributed by atoms with Gasteiger partial charge in [0.25, 0.3) is 0 Å². The van der Waals surface area contributed by atoms with Gasteiger partial charge in [-0.15, -0.1) is 0 Å². The van der Waals surface area contributed by atoms with Gasteiger partial charge in [0.05, 0.1) is 33.6 Å². The highest BCUT2D eigenvalue weighted by molar-refractivity contribution is 6.32. The van der Waals surface area contributed by atoms with Gasteiger partial charge in [0.15, 0.2) is 0 Å². The number of hydrogen-bond acceptors (Lipinski definition) is 10. The highest BCUT2D eigenvalue weighted by Crippen LogP contribution is 2.47. The fourth-order valence-corrected chi connectivity index (χ4v) is 5.73. The predicted molar refractivity (Wildman–Crippen MR) is 127 cm³/mol. The quantitative estimate of drug-likeness (QED) is 0.318. The number of ether oxygens (including phenoxy) is 2. The summed E-state index contributed by atoms with van der Waals surface area (Å²) >= 11 is 0. The van der Waals surface area contributed by atoms with Crippen LogP contribution >= 0.6 is 0 Å². The van der Waals surface area contributed by atoms with Crippen molar-refractivity contribution in [2.45, 2.75) is 26.7 Å². The lowest BCUT2D eigenvalue weighted by atomic mass is 9.66. The van der Waals surface area contributed by atoms with E-state index in [1.807, 2.05) is 0 Å². The van der Waals surface area contributed by atoms with Crippen LogP contribution in [0, 0.1) is 17.3 Å². The van der Waals surface area contributed by atoms with Gasteiger partial charge in [0.1, 0.15) is 5.41 Å². The highest BCUT2D eigenvalue weighted by atomic mass is 16.6. The van der Waals surface area contributed by atoms with Crippen molar-refractivity contribution in [1.29, 1.82) is 0 Å². The average Bonchev–Trinajstić information content (AvgIpc) is 3.34. The third kappa shape index (κ3) is 3.24. The molecule has 12 heteroatoms. The average molecular weight is 530 g/mol. The lowest BCUT2D eigenvalue weighted by Crippen LogP contribution is -2.65. The molecule has 4 amide bonds. The van der Waals surface area contributed by atoms with Gasteiger partial charge in [0, 0.05) is 11.8 Å². The Labute approximate surface area is 219 Å². The summed E-state index contributed by atoms with van der Waals surface area (Å²) in [5.74, 6) is -8.22. The molecular weight excluding hydrogens is 512 g/mol. The number of rotatable bonds is 2. The summed E-state index contributed by atoms with van der Waals surface area (Å²) in [6, 6.07) is 7.51. The van der Waals surface area contributed by atoms with Crippen LogP contribution in [0.4, 0.5) is 11.4 Å². The molecule has 0 aliphatic carbocycles. The maximum atomic E-state index is 14.1. The Morgan fingerprint density at radius 1 is 0.590 bits per heavy atom. The minimum absolute atomic E-state index is 0.0174. The lowest BCUT2D eigenvalue weighted by molar-refractivity contribution is -0.153. The van der Waals surface area contributed by atoms with Gasteiger partial charge in [-0.2, -0.15) is 0 Å². The van der Waals surface area contributed by atoms with Gasteiger partial charge in [-0.3, -0.25) is 19.2 Å². The van der Waals surface area contributed by atoms with E-state index in [-0.39, 0.29) is 46.5 Å². The van der Waals surface area contributed by atoms with Crippen LogP contribution in [0.1, 0.15) is 68.1 Å². The van der Waals surface area contributed by atoms with Gasteiger partial charge in [0.2, 0.25) is 23.6 Å². The number of fused-ring (bicyclic) bond motifs is 2. The first-order chi connectivity index (χ1) is 18.4. The van der Waals surface area contributed by atoms with Gasteiger partial charge in [-0.25, -0.2) is 29.0 Å². The number of carbonyl (C=O) groups excluding carboxylic acids is 8. The van der Waals surface area contributed by atoms with E-state index < -0.39 is 64.8 Å². The number of carbonyl (C=O) groups is 8. The molecule has 4 aliphatic rings. The van der Waals surface area contributed by atoms with E-state index in [2.05, 4.69) is 9.47 Å². The zero-order chi connectivity index (χ0) is 28.0. The van der Waals surface area contributed by atoms with Crippen molar-refractivity contribution in [1.82, 2.24) is 0 Å². The van der Waals surface area contributed by atoms with Crippen LogP contribution in [0.2, 0.25) is 0 Å². The number of anilines is 2. The summed E-state index contributed by atoms with van der Waals surface area (Å²) in [6.07, 6.45) is -0.351. The molecule has 2 aromatic rings. The fraction of sp³-hybridized carbons (Fsp3) is 0.259. The van der Waals surface area contributed by atoms with Crippen molar-refractivity contribution in [3.8, 4) is 0 Å². The molecule has 0 aromatic heterocycles. The Kier molecular flexibility index (Phi) is 4.99. The summed E-state index contributed by atoms with van der Waals surface area (Å²) in [4.78, 5) is 104. The van der Waals surface area contributed by atoms with Crippen molar-refractivity contribution in [3.05, 3.63) is 58.7 Å². The zero-order valence-corrected chi connectivity index (χ0v) is 20.5. The summed E-state index contributed by atoms with van der Waals surface area (Å²) < 4.78 is 9.18.